The molecule has 1 saturated heterocycles. The summed E-state index contributed by atoms with van der Waals surface area (Å²) in [6, 6.07) is 0. The third-order valence-electron chi connectivity index (χ3n) is 1.66. The Kier molecular flexibility index (Phi) is 7.63. The zero-order valence-electron chi connectivity index (χ0n) is 9.12. The minimum Gasteiger partial charge on any atom is -1.00 e. The molecule has 0 saturated carbocycles. The monoisotopic (exact) mass is 234 g/mol. The summed E-state index contributed by atoms with van der Waals surface area (Å²) in [5.74, 6) is 0. The van der Waals surface area contributed by atoms with E-state index >= 15 is 0 Å². The van der Waals surface area contributed by atoms with E-state index in [1.807, 2.05) is 0 Å². The van der Waals surface area contributed by atoms with E-state index in [9.17, 15) is 8.42 Å². The van der Waals surface area contributed by atoms with Crippen LogP contribution in [0, 0.1) is 0 Å². The van der Waals surface area contributed by atoms with Gasteiger partial charge in [0.1, 0.15) is 0 Å². The molecule has 0 bridgehead atoms. The first-order chi connectivity index (χ1) is 5.67. The number of nitrogens with one attached hydrogen (secondary N) is 1. The van der Waals surface area contributed by atoms with E-state index in [-0.39, 0.29) is 59.4 Å². The van der Waals surface area contributed by atoms with E-state index in [0.29, 0.717) is 26.2 Å². The molecule has 1 heterocycles. The Balaban J connectivity index is 0. The van der Waals surface area contributed by atoms with Crippen LogP contribution in [0.2, 0.25) is 0 Å². The van der Waals surface area contributed by atoms with Crippen molar-refractivity contribution >= 4 is 10.3 Å². The van der Waals surface area contributed by atoms with Crippen molar-refractivity contribution in [2.75, 3.05) is 32.8 Å². The molecule has 0 unspecified atom stereocenters. The molecule has 5 nitrogen and oxygen atoms in total. The zero-order chi connectivity index (χ0) is 9.03. The van der Waals surface area contributed by atoms with Crippen molar-refractivity contribution in [1.29, 1.82) is 0 Å². The zero-order valence-corrected chi connectivity index (χ0v) is 12.1. The summed E-state index contributed by atoms with van der Waals surface area (Å²) in [4.78, 5) is 0. The van der Waals surface area contributed by atoms with Gasteiger partial charge in [0.05, 0.1) is 6.61 Å². The number of hydrogen-bond donors (Lipinski definition) is 1. The Morgan fingerprint density at radius 2 is 2.00 bits per heavy atom. The molecule has 1 aliphatic heterocycles. The molecule has 0 atom stereocenters. The Bertz CT molecular complexity index is 231. The van der Waals surface area contributed by atoms with Gasteiger partial charge in [-0.15, -0.1) is 0 Å². The molecule has 1 N–H and O–H groups in total. The summed E-state index contributed by atoms with van der Waals surface area (Å²) < 4.78 is 28.5. The molecule has 13 heavy (non-hydrogen) atoms. The number of piperazine rings is 1. The normalized spacial score (nSPS) is 19.5. The summed E-state index contributed by atoms with van der Waals surface area (Å²) >= 11 is 0. The maximum absolute atomic E-state index is 11.3. The van der Waals surface area contributed by atoms with Crippen molar-refractivity contribution in [3.63, 3.8) is 0 Å². The molecular weight excluding hydrogens is 219 g/mol. The second kappa shape index (κ2) is 6.86. The molecule has 0 spiro atoms. The van der Waals surface area contributed by atoms with Crippen LogP contribution >= 0.6 is 0 Å². The Hall–Kier alpha value is 1.47. The van der Waals surface area contributed by atoms with Gasteiger partial charge >= 0.3 is 61.7 Å². The Morgan fingerprint density at radius 1 is 1.46 bits per heavy atom. The topological polar surface area (TPSA) is 58.6 Å². The van der Waals surface area contributed by atoms with Gasteiger partial charge in [-0.05, 0) is 6.92 Å². The van der Waals surface area contributed by atoms with Crippen LogP contribution in [0.1, 0.15) is 8.35 Å². The van der Waals surface area contributed by atoms with Gasteiger partial charge in [-0.2, -0.15) is 12.7 Å². The minimum absolute atomic E-state index is 0. The van der Waals surface area contributed by atoms with Crippen molar-refractivity contribution < 1.29 is 65.4 Å². The van der Waals surface area contributed by atoms with Gasteiger partial charge in [0, 0.05) is 26.2 Å². The molecule has 1 fully saturated rings. The van der Waals surface area contributed by atoms with Crippen LogP contribution in [0.5, 0.6) is 0 Å². The third-order valence-corrected chi connectivity index (χ3v) is 3.19. The fraction of sp³-hybridized carbons (Fsp3) is 1.00. The van der Waals surface area contributed by atoms with Crippen molar-refractivity contribution in [3.8, 4) is 0 Å². The van der Waals surface area contributed by atoms with Crippen LogP contribution in [0.15, 0.2) is 0 Å². The molecular formula is C6H15KN2O3S. The quantitative estimate of drug-likeness (QED) is 0.511. The van der Waals surface area contributed by atoms with Crippen molar-refractivity contribution in [1.82, 2.24) is 9.62 Å². The maximum Gasteiger partial charge on any atom is 1.00 e. The summed E-state index contributed by atoms with van der Waals surface area (Å²) in [6.07, 6.45) is 0. The van der Waals surface area contributed by atoms with E-state index in [1.165, 1.54) is 4.31 Å². The summed E-state index contributed by atoms with van der Waals surface area (Å²) in [6.45, 7) is 4.27. The van der Waals surface area contributed by atoms with Gasteiger partial charge in [0.25, 0.3) is 0 Å². The average molecular weight is 234 g/mol. The molecule has 0 aliphatic carbocycles. The molecule has 0 amide bonds. The second-order valence-electron chi connectivity index (χ2n) is 2.51. The van der Waals surface area contributed by atoms with Gasteiger partial charge in [-0.25, -0.2) is 0 Å². The van der Waals surface area contributed by atoms with Crippen LogP contribution in [0.3, 0.4) is 0 Å². The predicted molar refractivity (Wildman–Crippen MR) is 46.1 cm³/mol. The van der Waals surface area contributed by atoms with E-state index in [2.05, 4.69) is 9.50 Å². The van der Waals surface area contributed by atoms with Crippen LogP contribution in [0.25, 0.3) is 0 Å². The van der Waals surface area contributed by atoms with Gasteiger partial charge < -0.3 is 6.74 Å². The molecule has 0 aromatic heterocycles. The second-order valence-corrected chi connectivity index (χ2v) is 4.12. The summed E-state index contributed by atoms with van der Waals surface area (Å²) in [5, 5.41) is 3.07. The summed E-state index contributed by atoms with van der Waals surface area (Å²) in [7, 11) is -3.44. The smallest absolute Gasteiger partial charge is 1.00 e. The van der Waals surface area contributed by atoms with Gasteiger partial charge in [-0.3, -0.25) is 4.18 Å². The fourth-order valence-electron chi connectivity index (χ4n) is 1.09. The van der Waals surface area contributed by atoms with Crippen molar-refractivity contribution in [2.45, 2.75) is 6.92 Å². The number of hydrogen-bond acceptors (Lipinski definition) is 4. The fourth-order valence-corrected chi connectivity index (χ4v) is 2.17. The largest absolute Gasteiger partial charge is 1.00 e. The van der Waals surface area contributed by atoms with Crippen LogP contribution in [-0.2, 0) is 14.5 Å². The third kappa shape index (κ3) is 4.67. The Labute approximate surface area is 123 Å². The van der Waals surface area contributed by atoms with E-state index in [4.69, 9.17) is 0 Å². The van der Waals surface area contributed by atoms with E-state index in [0.717, 1.165) is 0 Å². The van der Waals surface area contributed by atoms with E-state index in [1.54, 1.807) is 6.92 Å². The molecule has 7 heteroatoms. The summed E-state index contributed by atoms with van der Waals surface area (Å²) in [5.41, 5.74) is 0. The predicted octanol–water partition coefficient (Wildman–Crippen LogP) is -3.71. The van der Waals surface area contributed by atoms with E-state index < -0.39 is 10.3 Å². The van der Waals surface area contributed by atoms with Crippen LogP contribution in [0.4, 0.5) is 0 Å². The minimum atomic E-state index is -3.44. The van der Waals surface area contributed by atoms with Crippen LogP contribution in [-0.4, -0.2) is 45.5 Å². The van der Waals surface area contributed by atoms with Gasteiger partial charge in [0.15, 0.2) is 0 Å². The SMILES string of the molecule is CCOS(=O)(=O)N1CCNCC1.[H-].[K+]. The first-order valence-corrected chi connectivity index (χ1v) is 5.38. The Morgan fingerprint density at radius 3 is 2.46 bits per heavy atom. The van der Waals surface area contributed by atoms with Gasteiger partial charge in [0.2, 0.25) is 0 Å². The van der Waals surface area contributed by atoms with Crippen molar-refractivity contribution in [2.24, 2.45) is 0 Å². The molecule has 1 aliphatic rings. The molecule has 0 aromatic rings. The van der Waals surface area contributed by atoms with Crippen molar-refractivity contribution in [3.05, 3.63) is 0 Å². The first-order valence-electron chi connectivity index (χ1n) is 4.02. The number of rotatable bonds is 3. The maximum atomic E-state index is 11.3. The van der Waals surface area contributed by atoms with Crippen LogP contribution < -0.4 is 56.7 Å². The van der Waals surface area contributed by atoms with Gasteiger partial charge in [-0.1, -0.05) is 0 Å². The molecule has 0 aromatic carbocycles. The average Bonchev–Trinajstić information content (AvgIpc) is 2.06. The first kappa shape index (κ1) is 14.5. The number of nitrogens with zero attached hydrogens (tertiary/aromatic N) is 1. The standard InChI is InChI=1S/C6H14N2O3S.K.H/c1-2-11-12(9,10)8-5-3-7-4-6-8;;/h7H,2-6H2,1H3;;/q;+1;-1. The molecule has 0 radical (unpaired) electrons. The molecule has 1 rings (SSSR count). The molecule has 74 valence electrons.